The molecule has 2 aromatic rings. The fourth-order valence-electron chi connectivity index (χ4n) is 2.49. The second-order valence-corrected chi connectivity index (χ2v) is 6.07. The third-order valence-electron chi connectivity index (χ3n) is 3.85. The van der Waals surface area contributed by atoms with Crippen molar-refractivity contribution in [2.24, 2.45) is 4.99 Å². The van der Waals surface area contributed by atoms with Crippen LogP contribution in [0.3, 0.4) is 0 Å². The van der Waals surface area contributed by atoms with Gasteiger partial charge in [-0.1, -0.05) is 0 Å². The smallest absolute Gasteiger partial charge is 0.338 e. The standard InChI is InChI=1S/C19H23N3O5/c1-5-21-16(23)15(17(24)22(6-2)19(21)26)11-20-14-9-7-13(8-10-14)18(25)27-12(3)4/h7-12,23H,5-6H2,1-4H3. The first-order valence-corrected chi connectivity index (χ1v) is 8.71. The van der Waals surface area contributed by atoms with Gasteiger partial charge in [0.1, 0.15) is 5.56 Å². The molecule has 1 heterocycles. The predicted molar refractivity (Wildman–Crippen MR) is 102 cm³/mol. The van der Waals surface area contributed by atoms with Crippen molar-refractivity contribution >= 4 is 17.9 Å². The Labute approximate surface area is 156 Å². The Hall–Kier alpha value is -3.16. The summed E-state index contributed by atoms with van der Waals surface area (Å²) < 4.78 is 7.26. The summed E-state index contributed by atoms with van der Waals surface area (Å²) in [7, 11) is 0. The van der Waals surface area contributed by atoms with Gasteiger partial charge in [-0.3, -0.25) is 18.9 Å². The minimum absolute atomic E-state index is 0.0680. The fraction of sp³-hybridized carbons (Fsp3) is 0.368. The Bertz CT molecular complexity index is 969. The molecule has 0 aliphatic heterocycles. The van der Waals surface area contributed by atoms with Crippen LogP contribution < -0.4 is 11.2 Å². The number of carbonyl (C=O) groups is 1. The summed E-state index contributed by atoms with van der Waals surface area (Å²) in [4.78, 5) is 40.6. The molecule has 0 fully saturated rings. The van der Waals surface area contributed by atoms with E-state index in [0.29, 0.717) is 11.3 Å². The zero-order valence-electron chi connectivity index (χ0n) is 15.8. The van der Waals surface area contributed by atoms with E-state index in [-0.39, 0.29) is 24.8 Å². The second kappa shape index (κ2) is 8.48. The first-order valence-electron chi connectivity index (χ1n) is 8.71. The minimum Gasteiger partial charge on any atom is -0.494 e. The Morgan fingerprint density at radius 3 is 2.26 bits per heavy atom. The van der Waals surface area contributed by atoms with Gasteiger partial charge in [0, 0.05) is 19.3 Å². The van der Waals surface area contributed by atoms with Crippen LogP contribution in [0.1, 0.15) is 43.6 Å². The van der Waals surface area contributed by atoms with E-state index in [1.165, 1.54) is 6.21 Å². The van der Waals surface area contributed by atoms with Crippen molar-refractivity contribution in [3.8, 4) is 5.88 Å². The number of esters is 1. The van der Waals surface area contributed by atoms with E-state index in [1.54, 1.807) is 52.0 Å². The van der Waals surface area contributed by atoms with Gasteiger partial charge in [-0.05, 0) is 52.0 Å². The highest BCUT2D eigenvalue weighted by Crippen LogP contribution is 2.16. The van der Waals surface area contributed by atoms with Gasteiger partial charge in [-0.15, -0.1) is 0 Å². The molecule has 8 nitrogen and oxygen atoms in total. The molecule has 0 radical (unpaired) electrons. The molecule has 0 atom stereocenters. The average Bonchev–Trinajstić information content (AvgIpc) is 2.62. The van der Waals surface area contributed by atoms with Crippen LogP contribution in [0.2, 0.25) is 0 Å². The van der Waals surface area contributed by atoms with Crippen LogP contribution in [0.25, 0.3) is 0 Å². The summed E-state index contributed by atoms with van der Waals surface area (Å²) in [6.07, 6.45) is 1.00. The van der Waals surface area contributed by atoms with Gasteiger partial charge < -0.3 is 9.84 Å². The molecule has 27 heavy (non-hydrogen) atoms. The molecule has 8 heteroatoms. The second-order valence-electron chi connectivity index (χ2n) is 6.07. The van der Waals surface area contributed by atoms with Crippen LogP contribution in [-0.4, -0.2) is 32.5 Å². The molecule has 1 aromatic carbocycles. The molecular weight excluding hydrogens is 350 g/mol. The number of aromatic nitrogens is 2. The van der Waals surface area contributed by atoms with Gasteiger partial charge in [0.2, 0.25) is 5.88 Å². The first kappa shape index (κ1) is 20.2. The van der Waals surface area contributed by atoms with Crippen molar-refractivity contribution in [2.45, 2.75) is 46.9 Å². The molecule has 0 aliphatic carbocycles. The maximum absolute atomic E-state index is 12.4. The lowest BCUT2D eigenvalue weighted by Gasteiger charge is -2.11. The Morgan fingerprint density at radius 2 is 1.74 bits per heavy atom. The fourth-order valence-corrected chi connectivity index (χ4v) is 2.49. The highest BCUT2D eigenvalue weighted by molar-refractivity contribution is 5.90. The third kappa shape index (κ3) is 4.33. The minimum atomic E-state index is -0.606. The lowest BCUT2D eigenvalue weighted by Crippen LogP contribution is -2.41. The first-order chi connectivity index (χ1) is 12.8. The quantitative estimate of drug-likeness (QED) is 0.617. The van der Waals surface area contributed by atoms with Crippen LogP contribution in [0.4, 0.5) is 5.69 Å². The molecule has 0 bridgehead atoms. The zero-order valence-corrected chi connectivity index (χ0v) is 15.8. The van der Waals surface area contributed by atoms with E-state index in [0.717, 1.165) is 9.13 Å². The van der Waals surface area contributed by atoms with Crippen molar-refractivity contribution in [1.29, 1.82) is 0 Å². The van der Waals surface area contributed by atoms with E-state index in [9.17, 15) is 19.5 Å². The van der Waals surface area contributed by atoms with Gasteiger partial charge in [0.05, 0.1) is 17.4 Å². The summed E-state index contributed by atoms with van der Waals surface area (Å²) >= 11 is 0. The van der Waals surface area contributed by atoms with Gasteiger partial charge >= 0.3 is 11.7 Å². The van der Waals surface area contributed by atoms with E-state index >= 15 is 0 Å². The van der Waals surface area contributed by atoms with E-state index < -0.39 is 23.1 Å². The maximum Gasteiger partial charge on any atom is 0.338 e. The molecule has 0 saturated heterocycles. The van der Waals surface area contributed by atoms with Crippen LogP contribution >= 0.6 is 0 Å². The number of aromatic hydroxyl groups is 1. The molecule has 0 spiro atoms. The van der Waals surface area contributed by atoms with E-state index in [4.69, 9.17) is 4.74 Å². The SMILES string of the molecule is CCn1c(O)c(C=Nc2ccc(C(=O)OC(C)C)cc2)c(=O)n(CC)c1=O. The highest BCUT2D eigenvalue weighted by Gasteiger charge is 2.15. The summed E-state index contributed by atoms with van der Waals surface area (Å²) in [6.45, 7) is 7.31. The van der Waals surface area contributed by atoms with Crippen LogP contribution in [0.5, 0.6) is 5.88 Å². The topological polar surface area (TPSA) is 103 Å². The van der Waals surface area contributed by atoms with Gasteiger partial charge in [-0.25, -0.2) is 9.59 Å². The molecule has 1 aromatic heterocycles. The molecule has 1 N–H and O–H groups in total. The Balaban J connectivity index is 2.37. The number of hydrogen-bond donors (Lipinski definition) is 1. The summed E-state index contributed by atoms with van der Waals surface area (Å²) in [6, 6.07) is 6.32. The molecular formula is C19H23N3O5. The molecule has 0 unspecified atom stereocenters. The number of rotatable bonds is 6. The van der Waals surface area contributed by atoms with E-state index in [1.807, 2.05) is 0 Å². The molecule has 144 valence electrons. The summed E-state index contributed by atoms with van der Waals surface area (Å²) in [5.74, 6) is -0.850. The Kier molecular flexibility index (Phi) is 6.33. The van der Waals surface area contributed by atoms with Crippen LogP contribution in [0.15, 0.2) is 38.8 Å². The third-order valence-corrected chi connectivity index (χ3v) is 3.85. The largest absolute Gasteiger partial charge is 0.494 e. The normalized spacial score (nSPS) is 11.3. The Morgan fingerprint density at radius 1 is 1.15 bits per heavy atom. The number of nitrogens with zero attached hydrogens (tertiary/aromatic N) is 3. The zero-order chi connectivity index (χ0) is 20.1. The van der Waals surface area contributed by atoms with Crippen molar-refractivity contribution < 1.29 is 14.6 Å². The number of ether oxygens (including phenoxy) is 1. The summed E-state index contributed by atoms with van der Waals surface area (Å²) in [5, 5.41) is 10.2. The van der Waals surface area contributed by atoms with Crippen molar-refractivity contribution in [3.63, 3.8) is 0 Å². The lowest BCUT2D eigenvalue weighted by molar-refractivity contribution is 0.0378. The predicted octanol–water partition coefficient (Wildman–Crippen LogP) is 2.07. The maximum atomic E-state index is 12.4. The lowest BCUT2D eigenvalue weighted by atomic mass is 10.2. The van der Waals surface area contributed by atoms with Gasteiger partial charge in [0.25, 0.3) is 5.56 Å². The molecule has 0 amide bonds. The van der Waals surface area contributed by atoms with E-state index in [2.05, 4.69) is 4.99 Å². The molecule has 2 rings (SSSR count). The number of carbonyl (C=O) groups excluding carboxylic acids is 1. The average molecular weight is 373 g/mol. The van der Waals surface area contributed by atoms with Crippen LogP contribution in [-0.2, 0) is 17.8 Å². The molecule has 0 aliphatic rings. The van der Waals surface area contributed by atoms with Crippen LogP contribution in [0, 0.1) is 0 Å². The number of aliphatic imine (C=N–C) groups is 1. The van der Waals surface area contributed by atoms with Crippen molar-refractivity contribution in [1.82, 2.24) is 9.13 Å². The highest BCUT2D eigenvalue weighted by atomic mass is 16.5. The van der Waals surface area contributed by atoms with Crippen molar-refractivity contribution in [2.75, 3.05) is 0 Å². The number of hydrogen-bond acceptors (Lipinski definition) is 6. The van der Waals surface area contributed by atoms with Gasteiger partial charge in [-0.2, -0.15) is 0 Å². The number of benzene rings is 1. The monoisotopic (exact) mass is 373 g/mol. The van der Waals surface area contributed by atoms with Gasteiger partial charge in [0.15, 0.2) is 0 Å². The summed E-state index contributed by atoms with van der Waals surface area (Å²) in [5.41, 5.74) is -0.370. The molecule has 0 saturated carbocycles. The van der Waals surface area contributed by atoms with Crippen molar-refractivity contribution in [3.05, 3.63) is 56.2 Å².